The monoisotopic (exact) mass is 689 g/mol. The number of aryl methyl sites for hydroxylation is 2. The van der Waals surface area contributed by atoms with Gasteiger partial charge in [0.1, 0.15) is 36.1 Å². The van der Waals surface area contributed by atoms with E-state index >= 15 is 0 Å². The number of carbonyl (C=O) groups is 3. The molecule has 0 aliphatic carbocycles. The number of sulfonamides is 1. The molecule has 49 heavy (non-hydrogen) atoms. The zero-order valence-corrected chi connectivity index (χ0v) is 29.2. The SMILES string of the molecule is Cc1ccc(CNC(=O)[C@H](COc2cccc(/C=C(\C#N)C(=O)NC(C)(C)C)c2)NC(=O)[C@@H](NS(=O)(=O)c2ccc(C)cc2)[C@@H](C)O)cc1. The van der Waals surface area contributed by atoms with Gasteiger partial charge in [0.05, 0.1) is 11.0 Å². The minimum absolute atomic E-state index is 0.100. The first-order valence-electron chi connectivity index (χ1n) is 15.6. The molecule has 0 aliphatic rings. The van der Waals surface area contributed by atoms with Crippen LogP contribution in [0.3, 0.4) is 0 Å². The quantitative estimate of drug-likeness (QED) is 0.126. The van der Waals surface area contributed by atoms with Gasteiger partial charge in [-0.25, -0.2) is 8.42 Å². The molecule has 0 unspecified atom stereocenters. The minimum atomic E-state index is -4.22. The van der Waals surface area contributed by atoms with E-state index in [2.05, 4.69) is 20.7 Å². The predicted molar refractivity (Wildman–Crippen MR) is 185 cm³/mol. The fourth-order valence-corrected chi connectivity index (χ4v) is 5.65. The van der Waals surface area contributed by atoms with Crippen LogP contribution >= 0.6 is 0 Å². The van der Waals surface area contributed by atoms with E-state index in [1.54, 1.807) is 64.1 Å². The lowest BCUT2D eigenvalue weighted by Crippen LogP contribution is -2.58. The Hall–Kier alpha value is -5.03. The van der Waals surface area contributed by atoms with Crippen LogP contribution in [0, 0.1) is 25.2 Å². The lowest BCUT2D eigenvalue weighted by Gasteiger charge is -2.25. The topological polar surface area (TPSA) is 187 Å². The molecular weight excluding hydrogens is 646 g/mol. The summed E-state index contributed by atoms with van der Waals surface area (Å²) in [6.07, 6.45) is -0.0693. The molecule has 3 aromatic rings. The van der Waals surface area contributed by atoms with Crippen LogP contribution in [0.5, 0.6) is 5.75 Å². The zero-order valence-electron chi connectivity index (χ0n) is 28.4. The van der Waals surface area contributed by atoms with Crippen molar-refractivity contribution in [2.24, 2.45) is 0 Å². The van der Waals surface area contributed by atoms with Crippen LogP contribution < -0.4 is 25.4 Å². The Morgan fingerprint density at radius 3 is 2.14 bits per heavy atom. The molecule has 3 rings (SSSR count). The van der Waals surface area contributed by atoms with E-state index in [0.717, 1.165) is 16.7 Å². The van der Waals surface area contributed by atoms with E-state index in [1.165, 1.54) is 25.1 Å². The number of carbonyl (C=O) groups excluding carboxylic acids is 3. The molecule has 5 N–H and O–H groups in total. The van der Waals surface area contributed by atoms with Gasteiger partial charge in [-0.1, -0.05) is 59.7 Å². The number of hydrogen-bond donors (Lipinski definition) is 5. The highest BCUT2D eigenvalue weighted by molar-refractivity contribution is 7.89. The summed E-state index contributed by atoms with van der Waals surface area (Å²) in [6, 6.07) is 18.8. The smallest absolute Gasteiger partial charge is 0.262 e. The van der Waals surface area contributed by atoms with Crippen molar-refractivity contribution >= 4 is 33.8 Å². The number of rotatable bonds is 14. The summed E-state index contributed by atoms with van der Waals surface area (Å²) in [4.78, 5) is 39.3. The van der Waals surface area contributed by atoms with E-state index in [-0.39, 0.29) is 29.4 Å². The molecule has 260 valence electrons. The van der Waals surface area contributed by atoms with Crippen molar-refractivity contribution in [2.75, 3.05) is 6.61 Å². The van der Waals surface area contributed by atoms with Gasteiger partial charge < -0.3 is 25.8 Å². The Kier molecular flexibility index (Phi) is 13.2. The molecule has 0 saturated carbocycles. The molecule has 0 heterocycles. The number of nitrogens with zero attached hydrogens (tertiary/aromatic N) is 1. The van der Waals surface area contributed by atoms with Crippen molar-refractivity contribution in [3.05, 3.63) is 101 Å². The summed E-state index contributed by atoms with van der Waals surface area (Å²) in [5.41, 5.74) is 2.49. The number of hydrogen-bond acceptors (Lipinski definition) is 8. The minimum Gasteiger partial charge on any atom is -0.491 e. The summed E-state index contributed by atoms with van der Waals surface area (Å²) in [7, 11) is -4.22. The van der Waals surface area contributed by atoms with Crippen molar-refractivity contribution < 1.29 is 32.6 Å². The Bertz CT molecular complexity index is 1810. The van der Waals surface area contributed by atoms with E-state index in [0.29, 0.717) is 5.56 Å². The van der Waals surface area contributed by atoms with Gasteiger partial charge in [0.2, 0.25) is 21.8 Å². The maximum Gasteiger partial charge on any atom is 0.262 e. The highest BCUT2D eigenvalue weighted by Crippen LogP contribution is 2.17. The number of aliphatic hydroxyl groups is 1. The first-order valence-corrected chi connectivity index (χ1v) is 17.0. The van der Waals surface area contributed by atoms with Gasteiger partial charge in [0.25, 0.3) is 5.91 Å². The molecule has 0 aromatic heterocycles. The van der Waals surface area contributed by atoms with Crippen LogP contribution in [-0.4, -0.2) is 61.6 Å². The molecule has 0 spiro atoms. The van der Waals surface area contributed by atoms with Gasteiger partial charge in [-0.2, -0.15) is 9.98 Å². The zero-order chi connectivity index (χ0) is 36.4. The summed E-state index contributed by atoms with van der Waals surface area (Å²) >= 11 is 0. The molecule has 13 heteroatoms. The number of amides is 3. The average molecular weight is 690 g/mol. The maximum atomic E-state index is 13.4. The third-order valence-electron chi connectivity index (χ3n) is 7.04. The van der Waals surface area contributed by atoms with E-state index < -0.39 is 51.5 Å². The molecule has 0 bridgehead atoms. The molecule has 3 atom stereocenters. The summed E-state index contributed by atoms with van der Waals surface area (Å²) < 4.78 is 34.2. The fraction of sp³-hybridized carbons (Fsp3) is 0.333. The molecule has 0 fully saturated rings. The lowest BCUT2D eigenvalue weighted by molar-refractivity contribution is -0.131. The number of aliphatic hydroxyl groups excluding tert-OH is 1. The van der Waals surface area contributed by atoms with Crippen LogP contribution in [0.25, 0.3) is 6.08 Å². The fourth-order valence-electron chi connectivity index (χ4n) is 4.38. The van der Waals surface area contributed by atoms with Gasteiger partial charge in [-0.05, 0) is 83.0 Å². The van der Waals surface area contributed by atoms with Crippen LogP contribution in [0.1, 0.15) is 49.9 Å². The summed E-state index contributed by atoms with van der Waals surface area (Å²) in [5, 5.41) is 28.0. The van der Waals surface area contributed by atoms with E-state index in [1.807, 2.05) is 37.3 Å². The third kappa shape index (κ3) is 12.2. The third-order valence-corrected chi connectivity index (χ3v) is 8.49. The maximum absolute atomic E-state index is 13.4. The Morgan fingerprint density at radius 2 is 1.57 bits per heavy atom. The van der Waals surface area contributed by atoms with Crippen LogP contribution in [-0.2, 0) is 31.0 Å². The number of nitrogens with one attached hydrogen (secondary N) is 4. The largest absolute Gasteiger partial charge is 0.491 e. The number of nitriles is 1. The second-order valence-electron chi connectivity index (χ2n) is 12.7. The molecule has 12 nitrogen and oxygen atoms in total. The van der Waals surface area contributed by atoms with E-state index in [4.69, 9.17) is 4.74 Å². The van der Waals surface area contributed by atoms with Crippen molar-refractivity contribution in [2.45, 2.75) is 76.7 Å². The second-order valence-corrected chi connectivity index (χ2v) is 14.4. The normalized spacial score (nSPS) is 13.7. The van der Waals surface area contributed by atoms with Crippen molar-refractivity contribution in [3.63, 3.8) is 0 Å². The van der Waals surface area contributed by atoms with Crippen molar-refractivity contribution in [3.8, 4) is 11.8 Å². The first kappa shape index (κ1) is 38.4. The van der Waals surface area contributed by atoms with Gasteiger partial charge in [-0.15, -0.1) is 0 Å². The molecule has 3 amide bonds. The highest BCUT2D eigenvalue weighted by Gasteiger charge is 2.33. The van der Waals surface area contributed by atoms with Crippen LogP contribution in [0.4, 0.5) is 0 Å². The van der Waals surface area contributed by atoms with Gasteiger partial charge >= 0.3 is 0 Å². The molecular formula is C36H43N5O7S. The molecule has 0 radical (unpaired) electrons. The Labute approximate surface area is 287 Å². The van der Waals surface area contributed by atoms with Crippen LogP contribution in [0.15, 0.2) is 83.3 Å². The number of benzene rings is 3. The summed E-state index contributed by atoms with van der Waals surface area (Å²) in [6.45, 7) is 10.1. The average Bonchev–Trinajstić information content (AvgIpc) is 3.03. The van der Waals surface area contributed by atoms with Gasteiger partial charge in [0, 0.05) is 12.1 Å². The standard InChI is InChI=1S/C36H43N5O7S/c1-23-10-14-26(15-11-23)21-38-34(44)31(39-35(45)32(25(3)42)41-49(46,47)30-16-12-24(2)13-17-30)22-48-29-9-7-8-27(19-29)18-28(20-37)33(43)40-36(4,5)6/h7-19,25,31-32,41-42H,21-22H2,1-6H3,(H,38,44)(H,39,45)(H,40,43)/b28-18+/t25-,31+,32+/m1/s1. The summed E-state index contributed by atoms with van der Waals surface area (Å²) in [5.74, 6) is -1.86. The lowest BCUT2D eigenvalue weighted by atomic mass is 10.1. The number of ether oxygens (including phenoxy) is 1. The predicted octanol–water partition coefficient (Wildman–Crippen LogP) is 3.03. The Balaban J connectivity index is 1.83. The van der Waals surface area contributed by atoms with Gasteiger partial charge in [0.15, 0.2) is 0 Å². The molecule has 0 aliphatic heterocycles. The molecule has 0 saturated heterocycles. The van der Waals surface area contributed by atoms with Crippen LogP contribution in [0.2, 0.25) is 0 Å². The van der Waals surface area contributed by atoms with Gasteiger partial charge in [-0.3, -0.25) is 14.4 Å². The highest BCUT2D eigenvalue weighted by atomic mass is 32.2. The Morgan fingerprint density at radius 1 is 0.959 bits per heavy atom. The first-order chi connectivity index (χ1) is 23.0. The van der Waals surface area contributed by atoms with Crippen molar-refractivity contribution in [1.82, 2.24) is 20.7 Å². The van der Waals surface area contributed by atoms with Crippen molar-refractivity contribution in [1.29, 1.82) is 5.26 Å². The molecule has 3 aromatic carbocycles. The second kappa shape index (κ2) is 16.9. The van der Waals surface area contributed by atoms with E-state index in [9.17, 15) is 33.2 Å².